The lowest BCUT2D eigenvalue weighted by atomic mass is 9.64. The predicted octanol–water partition coefficient (Wildman–Crippen LogP) is 3.89. The highest BCUT2D eigenvalue weighted by atomic mass is 35.5. The van der Waals surface area contributed by atoms with E-state index in [4.69, 9.17) is 17.3 Å². The molecule has 0 saturated heterocycles. The number of hydrogen-bond donors (Lipinski definition) is 2. The van der Waals surface area contributed by atoms with Crippen LogP contribution in [-0.2, 0) is 15.0 Å². The summed E-state index contributed by atoms with van der Waals surface area (Å²) in [5.41, 5.74) is 7.11. The fourth-order valence-corrected chi connectivity index (χ4v) is 5.04. The highest BCUT2D eigenvalue weighted by Gasteiger charge is 2.59. The largest absolute Gasteiger partial charge is 0.384 e. The molecule has 6 nitrogen and oxygen atoms in total. The minimum atomic E-state index is -1.61. The van der Waals surface area contributed by atoms with Crippen LogP contribution in [0.15, 0.2) is 65.1 Å². The molecule has 0 saturated carbocycles. The first-order valence-electron chi connectivity index (χ1n) is 9.74. The molecule has 1 spiro atoms. The van der Waals surface area contributed by atoms with E-state index in [0.29, 0.717) is 35.5 Å². The molecule has 5 rings (SSSR count). The Labute approximate surface area is 182 Å². The molecule has 2 aromatic carbocycles. The Morgan fingerprint density at radius 2 is 1.97 bits per heavy atom. The van der Waals surface area contributed by atoms with E-state index in [1.165, 1.54) is 18.2 Å². The van der Waals surface area contributed by atoms with Crippen LogP contribution in [0, 0.1) is 17.1 Å². The number of nitrogens with one attached hydrogen (secondary N) is 1. The smallest absolute Gasteiger partial charge is 0.245 e. The van der Waals surface area contributed by atoms with E-state index < -0.39 is 17.1 Å². The number of benzene rings is 2. The molecule has 154 valence electrons. The Morgan fingerprint density at radius 3 is 2.71 bits per heavy atom. The van der Waals surface area contributed by atoms with Crippen molar-refractivity contribution in [1.82, 2.24) is 0 Å². The fourth-order valence-electron chi connectivity index (χ4n) is 4.86. The zero-order valence-electron chi connectivity index (χ0n) is 16.2. The van der Waals surface area contributed by atoms with Crippen molar-refractivity contribution in [2.75, 3.05) is 10.2 Å². The van der Waals surface area contributed by atoms with Crippen molar-refractivity contribution in [3.8, 4) is 6.07 Å². The van der Waals surface area contributed by atoms with Gasteiger partial charge >= 0.3 is 0 Å². The number of carbonyl (C=O) groups excluding carboxylic acids is 2. The number of nitrogens with two attached hydrogens (primary N) is 1. The molecular formula is C23H16ClFN4O2. The van der Waals surface area contributed by atoms with Gasteiger partial charge in [0.05, 0.1) is 10.6 Å². The maximum absolute atomic E-state index is 13.8. The number of halogens is 2. The summed E-state index contributed by atoms with van der Waals surface area (Å²) in [5, 5.41) is 12.9. The summed E-state index contributed by atoms with van der Waals surface area (Å²) in [4.78, 5) is 28.3. The first-order chi connectivity index (χ1) is 14.9. The van der Waals surface area contributed by atoms with Crippen LogP contribution in [0.25, 0.3) is 0 Å². The van der Waals surface area contributed by atoms with E-state index in [1.54, 1.807) is 29.2 Å². The summed E-state index contributed by atoms with van der Waals surface area (Å²) in [6.07, 6.45) is 1.29. The molecule has 3 N–H and O–H groups in total. The SMILES string of the molecule is N#CC1=C(N)N(c2ccc(F)c(Cl)c2)C2=C(C(=O)CCC2)C12C(=O)Nc1ccccc12. The van der Waals surface area contributed by atoms with Gasteiger partial charge < -0.3 is 11.1 Å². The second-order valence-electron chi connectivity index (χ2n) is 7.65. The molecule has 1 aliphatic carbocycles. The average molecular weight is 435 g/mol. The van der Waals surface area contributed by atoms with Gasteiger partial charge in [-0.2, -0.15) is 5.26 Å². The minimum Gasteiger partial charge on any atom is -0.384 e. The van der Waals surface area contributed by atoms with Crippen molar-refractivity contribution in [3.63, 3.8) is 0 Å². The molecule has 1 atom stereocenters. The number of allylic oxidation sites excluding steroid dienone is 1. The highest BCUT2D eigenvalue weighted by molar-refractivity contribution is 6.31. The number of ketones is 1. The molecule has 0 aromatic heterocycles. The summed E-state index contributed by atoms with van der Waals surface area (Å²) in [7, 11) is 0. The Kier molecular flexibility index (Phi) is 4.17. The Hall–Kier alpha value is -3.63. The number of fused-ring (bicyclic) bond motifs is 3. The van der Waals surface area contributed by atoms with E-state index in [9.17, 15) is 19.2 Å². The molecule has 31 heavy (non-hydrogen) atoms. The first-order valence-corrected chi connectivity index (χ1v) is 10.1. The van der Waals surface area contributed by atoms with Gasteiger partial charge in [-0.1, -0.05) is 29.8 Å². The lowest BCUT2D eigenvalue weighted by Crippen LogP contribution is -2.50. The maximum atomic E-state index is 13.8. The minimum absolute atomic E-state index is 0.0190. The molecule has 2 aromatic rings. The molecule has 1 amide bonds. The van der Waals surface area contributed by atoms with Gasteiger partial charge in [0.1, 0.15) is 23.1 Å². The molecule has 0 fully saturated rings. The summed E-state index contributed by atoms with van der Waals surface area (Å²) >= 11 is 5.99. The van der Waals surface area contributed by atoms with Crippen molar-refractivity contribution in [2.24, 2.45) is 5.73 Å². The van der Waals surface area contributed by atoms with E-state index in [1.807, 2.05) is 0 Å². The maximum Gasteiger partial charge on any atom is 0.245 e. The number of rotatable bonds is 1. The van der Waals surface area contributed by atoms with E-state index >= 15 is 0 Å². The van der Waals surface area contributed by atoms with Gasteiger partial charge in [-0.3, -0.25) is 14.5 Å². The molecule has 3 aliphatic rings. The first kappa shape index (κ1) is 19.3. The number of para-hydroxylation sites is 1. The summed E-state index contributed by atoms with van der Waals surface area (Å²) in [5.74, 6) is -1.27. The van der Waals surface area contributed by atoms with Crippen LogP contribution >= 0.6 is 11.6 Å². The van der Waals surface area contributed by atoms with Crippen LogP contribution in [0.3, 0.4) is 0 Å². The number of anilines is 2. The van der Waals surface area contributed by atoms with Gasteiger partial charge in [0.25, 0.3) is 0 Å². The molecular weight excluding hydrogens is 419 g/mol. The van der Waals surface area contributed by atoms with Gasteiger partial charge in [0.15, 0.2) is 5.78 Å². The molecule has 0 radical (unpaired) electrons. The predicted molar refractivity (Wildman–Crippen MR) is 113 cm³/mol. The second-order valence-corrected chi connectivity index (χ2v) is 8.06. The summed E-state index contributed by atoms with van der Waals surface area (Å²) < 4.78 is 13.8. The van der Waals surface area contributed by atoms with E-state index in [2.05, 4.69) is 11.4 Å². The van der Waals surface area contributed by atoms with Crippen molar-refractivity contribution >= 4 is 34.7 Å². The average Bonchev–Trinajstić information content (AvgIpc) is 3.03. The van der Waals surface area contributed by atoms with Crippen molar-refractivity contribution in [3.05, 3.63) is 81.5 Å². The van der Waals surface area contributed by atoms with Gasteiger partial charge in [-0.15, -0.1) is 0 Å². The number of amides is 1. The lowest BCUT2D eigenvalue weighted by Gasteiger charge is -2.43. The standard InChI is InChI=1S/C23H16ClFN4O2/c24-15-10-12(8-9-16(15)25)29-18-6-3-7-19(30)20(18)23(14(11-26)21(29)27)13-4-1-2-5-17(13)28-22(23)31/h1-2,4-5,8-10H,3,6-7,27H2,(H,28,31). The fraction of sp³-hybridized carbons (Fsp3) is 0.174. The van der Waals surface area contributed by atoms with Crippen LogP contribution in [0.5, 0.6) is 0 Å². The highest BCUT2D eigenvalue weighted by Crippen LogP contribution is 2.55. The third-order valence-electron chi connectivity index (χ3n) is 6.09. The van der Waals surface area contributed by atoms with Crippen LogP contribution in [0.1, 0.15) is 24.8 Å². The Balaban J connectivity index is 1.88. The van der Waals surface area contributed by atoms with Gasteiger partial charge in [-0.25, -0.2) is 4.39 Å². The second kappa shape index (κ2) is 6.69. The molecule has 1 unspecified atom stereocenters. The van der Waals surface area contributed by atoms with E-state index in [-0.39, 0.29) is 34.2 Å². The van der Waals surface area contributed by atoms with Crippen LogP contribution in [-0.4, -0.2) is 11.7 Å². The van der Waals surface area contributed by atoms with Crippen molar-refractivity contribution < 1.29 is 14.0 Å². The Morgan fingerprint density at radius 1 is 1.19 bits per heavy atom. The Bertz CT molecular complexity index is 1290. The number of nitriles is 1. The monoisotopic (exact) mass is 434 g/mol. The van der Waals surface area contributed by atoms with Crippen molar-refractivity contribution in [2.45, 2.75) is 24.7 Å². The van der Waals surface area contributed by atoms with Gasteiger partial charge in [0.2, 0.25) is 5.91 Å². The molecule has 2 aliphatic heterocycles. The molecule has 8 heteroatoms. The zero-order valence-corrected chi connectivity index (χ0v) is 17.0. The number of hydrogen-bond acceptors (Lipinski definition) is 5. The number of nitrogens with zero attached hydrogens (tertiary/aromatic N) is 2. The third kappa shape index (κ3) is 2.42. The van der Waals surface area contributed by atoms with Gasteiger partial charge in [0, 0.05) is 34.6 Å². The van der Waals surface area contributed by atoms with Gasteiger partial charge in [-0.05, 0) is 37.1 Å². The van der Waals surface area contributed by atoms with E-state index in [0.717, 1.165) is 0 Å². The third-order valence-corrected chi connectivity index (χ3v) is 6.38. The van der Waals surface area contributed by atoms with Crippen LogP contribution < -0.4 is 16.0 Å². The molecule has 0 bridgehead atoms. The lowest BCUT2D eigenvalue weighted by molar-refractivity contribution is -0.122. The van der Waals surface area contributed by atoms with Crippen LogP contribution in [0.4, 0.5) is 15.8 Å². The number of carbonyl (C=O) groups is 2. The topological polar surface area (TPSA) is 99.2 Å². The zero-order chi connectivity index (χ0) is 21.9. The molecule has 2 heterocycles. The van der Waals surface area contributed by atoms with Crippen molar-refractivity contribution in [1.29, 1.82) is 5.26 Å². The normalized spacial score (nSPS) is 22.4. The van der Waals surface area contributed by atoms with Crippen LogP contribution in [0.2, 0.25) is 5.02 Å². The summed E-state index contributed by atoms with van der Waals surface area (Å²) in [6, 6.07) is 13.1. The number of Topliss-reactive ketones (excluding diaryl/α,β-unsaturated/α-hetero) is 1. The summed E-state index contributed by atoms with van der Waals surface area (Å²) in [6.45, 7) is 0. The quantitative estimate of drug-likeness (QED) is 0.709.